The van der Waals surface area contributed by atoms with Gasteiger partial charge in [-0.3, -0.25) is 5.43 Å². The minimum absolute atomic E-state index is 0.106. The molecular formula is C18H22N2O. The summed E-state index contributed by atoms with van der Waals surface area (Å²) >= 11 is 0. The third kappa shape index (κ3) is 3.85. The first-order chi connectivity index (χ1) is 9.88. The van der Waals surface area contributed by atoms with Crippen LogP contribution in [0.15, 0.2) is 47.6 Å². The maximum atomic E-state index is 10.4. The van der Waals surface area contributed by atoms with E-state index in [1.807, 2.05) is 49.4 Å². The van der Waals surface area contributed by atoms with Crippen LogP contribution in [-0.2, 0) is 5.41 Å². The molecular weight excluding hydrogens is 260 g/mol. The van der Waals surface area contributed by atoms with Gasteiger partial charge in [-0.05, 0) is 36.1 Å². The molecule has 0 aliphatic rings. The van der Waals surface area contributed by atoms with Crippen LogP contribution in [0.5, 0.6) is 5.75 Å². The van der Waals surface area contributed by atoms with Gasteiger partial charge in [0.25, 0.3) is 0 Å². The van der Waals surface area contributed by atoms with Gasteiger partial charge in [0, 0.05) is 11.1 Å². The van der Waals surface area contributed by atoms with Gasteiger partial charge >= 0.3 is 0 Å². The van der Waals surface area contributed by atoms with Crippen LogP contribution < -0.4 is 5.43 Å². The fraction of sp³-hybridized carbons (Fsp3) is 0.278. The van der Waals surface area contributed by atoms with Gasteiger partial charge in [-0.25, -0.2) is 0 Å². The van der Waals surface area contributed by atoms with Gasteiger partial charge in [0.05, 0.1) is 11.9 Å². The lowest BCUT2D eigenvalue weighted by Gasteiger charge is -2.22. The fourth-order valence-corrected chi connectivity index (χ4v) is 2.17. The van der Waals surface area contributed by atoms with Crippen LogP contribution in [0.1, 0.15) is 37.5 Å². The molecule has 0 saturated heterocycles. The monoisotopic (exact) mass is 282 g/mol. The fourth-order valence-electron chi connectivity index (χ4n) is 2.17. The number of aromatic hydroxyl groups is 1. The highest BCUT2D eigenvalue weighted by Crippen LogP contribution is 2.33. The lowest BCUT2D eigenvalue weighted by Crippen LogP contribution is -2.12. The molecule has 0 aliphatic carbocycles. The second kappa shape index (κ2) is 6.00. The van der Waals surface area contributed by atoms with Crippen molar-refractivity contribution >= 4 is 11.9 Å². The van der Waals surface area contributed by atoms with E-state index in [1.165, 1.54) is 0 Å². The van der Waals surface area contributed by atoms with Gasteiger partial charge in [0.1, 0.15) is 5.75 Å². The number of nitrogens with one attached hydrogen (secondary N) is 1. The predicted molar refractivity (Wildman–Crippen MR) is 89.2 cm³/mol. The van der Waals surface area contributed by atoms with Crippen molar-refractivity contribution in [2.24, 2.45) is 5.10 Å². The SMILES string of the molecule is Cc1cc(C=NNc2ccccc2)c(O)c(C(C)(C)C)c1. The molecule has 0 fully saturated rings. The zero-order chi connectivity index (χ0) is 15.5. The molecule has 2 rings (SSSR count). The summed E-state index contributed by atoms with van der Waals surface area (Å²) in [6, 6.07) is 13.7. The number of para-hydroxylation sites is 1. The molecule has 0 radical (unpaired) electrons. The molecule has 0 aromatic heterocycles. The number of anilines is 1. The number of phenolic OH excluding ortho intramolecular Hbond substituents is 1. The largest absolute Gasteiger partial charge is 0.507 e. The smallest absolute Gasteiger partial charge is 0.128 e. The first kappa shape index (κ1) is 15.1. The van der Waals surface area contributed by atoms with Crippen molar-refractivity contribution in [3.8, 4) is 5.75 Å². The van der Waals surface area contributed by atoms with Gasteiger partial charge < -0.3 is 5.11 Å². The van der Waals surface area contributed by atoms with Crippen molar-refractivity contribution in [3.05, 3.63) is 59.2 Å². The van der Waals surface area contributed by atoms with Gasteiger partial charge in [-0.15, -0.1) is 0 Å². The van der Waals surface area contributed by atoms with E-state index in [0.717, 1.165) is 22.4 Å². The van der Waals surface area contributed by atoms with Gasteiger partial charge in [0.15, 0.2) is 0 Å². The lowest BCUT2D eigenvalue weighted by molar-refractivity contribution is 0.445. The summed E-state index contributed by atoms with van der Waals surface area (Å²) in [6.07, 6.45) is 1.66. The van der Waals surface area contributed by atoms with E-state index in [4.69, 9.17) is 0 Å². The highest BCUT2D eigenvalue weighted by molar-refractivity contribution is 5.85. The molecule has 0 atom stereocenters. The van der Waals surface area contributed by atoms with Crippen molar-refractivity contribution in [2.45, 2.75) is 33.1 Å². The standard InChI is InChI=1S/C18H22N2O/c1-13-10-14(17(21)16(11-13)18(2,3)4)12-19-20-15-8-6-5-7-9-15/h5-12,20-21H,1-4H3. The Hall–Kier alpha value is -2.29. The number of hydrogen-bond acceptors (Lipinski definition) is 3. The Labute approximate surface area is 126 Å². The third-order valence-corrected chi connectivity index (χ3v) is 3.26. The maximum Gasteiger partial charge on any atom is 0.128 e. The number of hydrogen-bond donors (Lipinski definition) is 2. The molecule has 0 amide bonds. The number of hydrazone groups is 1. The Morgan fingerprint density at radius 1 is 1.10 bits per heavy atom. The Balaban J connectivity index is 2.26. The van der Waals surface area contributed by atoms with Crippen molar-refractivity contribution in [1.82, 2.24) is 0 Å². The van der Waals surface area contributed by atoms with E-state index in [0.29, 0.717) is 5.75 Å². The Morgan fingerprint density at radius 3 is 2.38 bits per heavy atom. The summed E-state index contributed by atoms with van der Waals surface area (Å²) in [5, 5.41) is 14.6. The number of phenols is 1. The number of aryl methyl sites for hydroxylation is 1. The predicted octanol–water partition coefficient (Wildman–Crippen LogP) is 4.44. The Bertz CT molecular complexity index is 640. The van der Waals surface area contributed by atoms with Gasteiger partial charge in [0.2, 0.25) is 0 Å². The molecule has 0 unspecified atom stereocenters. The van der Waals surface area contributed by atoms with Crippen LogP contribution in [0.4, 0.5) is 5.69 Å². The third-order valence-electron chi connectivity index (χ3n) is 3.26. The first-order valence-corrected chi connectivity index (χ1v) is 7.06. The number of rotatable bonds is 3. The molecule has 3 nitrogen and oxygen atoms in total. The summed E-state index contributed by atoms with van der Waals surface area (Å²) < 4.78 is 0. The van der Waals surface area contributed by atoms with Gasteiger partial charge in [-0.2, -0.15) is 5.10 Å². The van der Waals surface area contributed by atoms with Crippen LogP contribution in [0.3, 0.4) is 0 Å². The summed E-state index contributed by atoms with van der Waals surface area (Å²) in [4.78, 5) is 0. The van der Waals surface area contributed by atoms with E-state index in [9.17, 15) is 5.11 Å². The average molecular weight is 282 g/mol. The molecule has 0 heterocycles. The minimum atomic E-state index is -0.106. The molecule has 110 valence electrons. The molecule has 3 heteroatoms. The van der Waals surface area contributed by atoms with Crippen LogP contribution in [0, 0.1) is 6.92 Å². The summed E-state index contributed by atoms with van der Waals surface area (Å²) in [5.74, 6) is 0.298. The van der Waals surface area contributed by atoms with Crippen LogP contribution in [0.25, 0.3) is 0 Å². The highest BCUT2D eigenvalue weighted by Gasteiger charge is 2.20. The summed E-state index contributed by atoms with van der Waals surface area (Å²) in [5.41, 5.74) is 6.53. The van der Waals surface area contributed by atoms with Crippen LogP contribution >= 0.6 is 0 Å². The molecule has 0 spiro atoms. The molecule has 0 bridgehead atoms. The molecule has 21 heavy (non-hydrogen) atoms. The normalized spacial score (nSPS) is 11.8. The zero-order valence-corrected chi connectivity index (χ0v) is 13.0. The lowest BCUT2D eigenvalue weighted by atomic mass is 9.84. The van der Waals surface area contributed by atoms with Crippen LogP contribution in [-0.4, -0.2) is 11.3 Å². The zero-order valence-electron chi connectivity index (χ0n) is 13.0. The number of nitrogens with zero attached hydrogens (tertiary/aromatic N) is 1. The quantitative estimate of drug-likeness (QED) is 0.645. The van der Waals surface area contributed by atoms with Gasteiger partial charge in [-0.1, -0.05) is 45.0 Å². The number of benzene rings is 2. The van der Waals surface area contributed by atoms with E-state index < -0.39 is 0 Å². The Kier molecular flexibility index (Phi) is 4.32. The van der Waals surface area contributed by atoms with Crippen LogP contribution in [0.2, 0.25) is 0 Å². The Morgan fingerprint density at radius 2 is 1.76 bits per heavy atom. The average Bonchev–Trinajstić information content (AvgIpc) is 2.42. The van der Waals surface area contributed by atoms with E-state index in [-0.39, 0.29) is 5.41 Å². The second-order valence-corrected chi connectivity index (χ2v) is 6.24. The van der Waals surface area contributed by atoms with E-state index in [2.05, 4.69) is 31.3 Å². The molecule has 0 saturated carbocycles. The first-order valence-electron chi connectivity index (χ1n) is 7.06. The van der Waals surface area contributed by atoms with E-state index >= 15 is 0 Å². The molecule has 2 aromatic rings. The maximum absolute atomic E-state index is 10.4. The molecule has 2 aromatic carbocycles. The van der Waals surface area contributed by atoms with E-state index in [1.54, 1.807) is 6.21 Å². The summed E-state index contributed by atoms with van der Waals surface area (Å²) in [7, 11) is 0. The van der Waals surface area contributed by atoms with Crippen molar-refractivity contribution in [3.63, 3.8) is 0 Å². The molecule has 2 N–H and O–H groups in total. The van der Waals surface area contributed by atoms with Crippen molar-refractivity contribution in [1.29, 1.82) is 0 Å². The topological polar surface area (TPSA) is 44.6 Å². The van der Waals surface area contributed by atoms with Crippen molar-refractivity contribution in [2.75, 3.05) is 5.43 Å². The summed E-state index contributed by atoms with van der Waals surface area (Å²) in [6.45, 7) is 8.29. The molecule has 0 aliphatic heterocycles. The van der Waals surface area contributed by atoms with Crippen molar-refractivity contribution < 1.29 is 5.11 Å². The minimum Gasteiger partial charge on any atom is -0.507 e. The second-order valence-electron chi connectivity index (χ2n) is 6.24. The highest BCUT2D eigenvalue weighted by atomic mass is 16.3.